The van der Waals surface area contributed by atoms with Crippen LogP contribution in [0.25, 0.3) is 10.9 Å². The van der Waals surface area contributed by atoms with Crippen molar-refractivity contribution in [3.63, 3.8) is 0 Å². The second-order valence-corrected chi connectivity index (χ2v) is 7.42. The topological polar surface area (TPSA) is 49.8 Å². The summed E-state index contributed by atoms with van der Waals surface area (Å²) in [6.45, 7) is 2.21. The Kier molecular flexibility index (Phi) is 5.12. The molecule has 1 aliphatic rings. The Balaban J connectivity index is 1.68. The smallest absolute Gasteiger partial charge is 0.229 e. The first-order valence-corrected chi connectivity index (χ1v) is 9.77. The maximum absolute atomic E-state index is 13.4. The molecule has 140 valence electrons. The number of aromatic nitrogens is 2. The number of benzene rings is 2. The van der Waals surface area contributed by atoms with Crippen LogP contribution < -0.4 is 10.6 Å². The lowest BCUT2D eigenvalue weighted by Gasteiger charge is -2.34. The zero-order valence-corrected chi connectivity index (χ0v) is 15.9. The number of rotatable bonds is 6. The average molecular weight is 385 g/mol. The van der Waals surface area contributed by atoms with Crippen molar-refractivity contribution in [2.24, 2.45) is 5.92 Å². The molecule has 0 saturated heterocycles. The molecule has 0 radical (unpaired) electrons. The Hall–Kier alpha value is -2.40. The Morgan fingerprint density at radius 2 is 2.00 bits per heavy atom. The van der Waals surface area contributed by atoms with E-state index < -0.39 is 5.82 Å². The highest BCUT2D eigenvalue weighted by Gasteiger charge is 2.26. The third-order valence-electron chi connectivity index (χ3n) is 5.26. The van der Waals surface area contributed by atoms with Gasteiger partial charge in [-0.3, -0.25) is 0 Å². The summed E-state index contributed by atoms with van der Waals surface area (Å²) in [6, 6.07) is 12.8. The molecule has 1 aromatic heterocycles. The molecule has 1 saturated carbocycles. The van der Waals surface area contributed by atoms with Gasteiger partial charge in [-0.15, -0.1) is 0 Å². The van der Waals surface area contributed by atoms with Crippen LogP contribution in [0, 0.1) is 11.7 Å². The van der Waals surface area contributed by atoms with Gasteiger partial charge in [-0.25, -0.2) is 9.37 Å². The molecule has 0 aliphatic heterocycles. The minimum absolute atomic E-state index is 0.0650. The standard InChI is InChI=1S/C21H22ClFN4/c1-2-18(13-6-5-7-13)25-20-15-8-3-4-9-19(15)26-21(27-20)24-14-10-11-17(23)16(22)12-14/h3-4,8-13,18H,2,5-7H2,1H3,(H2,24,25,26,27). The monoisotopic (exact) mass is 384 g/mol. The largest absolute Gasteiger partial charge is 0.366 e. The number of hydrogen-bond donors (Lipinski definition) is 2. The average Bonchev–Trinajstić information content (AvgIpc) is 2.62. The van der Waals surface area contributed by atoms with Crippen LogP contribution in [-0.4, -0.2) is 16.0 Å². The van der Waals surface area contributed by atoms with Crippen LogP contribution in [0.4, 0.5) is 21.8 Å². The number of hydrogen-bond acceptors (Lipinski definition) is 4. The van der Waals surface area contributed by atoms with Crippen molar-refractivity contribution >= 4 is 40.0 Å². The van der Waals surface area contributed by atoms with Crippen molar-refractivity contribution in [1.82, 2.24) is 9.97 Å². The first kappa shape index (κ1) is 18.0. The maximum Gasteiger partial charge on any atom is 0.229 e. The molecule has 1 atom stereocenters. The molecule has 1 unspecified atom stereocenters. The molecular formula is C21H22ClFN4. The molecule has 0 spiro atoms. The molecule has 6 heteroatoms. The summed E-state index contributed by atoms with van der Waals surface area (Å²) >= 11 is 5.88. The predicted molar refractivity (Wildman–Crippen MR) is 109 cm³/mol. The van der Waals surface area contributed by atoms with Crippen molar-refractivity contribution in [3.05, 3.63) is 53.3 Å². The zero-order valence-electron chi connectivity index (χ0n) is 15.2. The minimum atomic E-state index is -0.449. The van der Waals surface area contributed by atoms with E-state index in [2.05, 4.69) is 22.5 Å². The maximum atomic E-state index is 13.4. The van der Waals surface area contributed by atoms with Gasteiger partial charge in [0, 0.05) is 17.1 Å². The van der Waals surface area contributed by atoms with Crippen molar-refractivity contribution in [2.75, 3.05) is 10.6 Å². The van der Waals surface area contributed by atoms with E-state index >= 15 is 0 Å². The number of anilines is 3. The highest BCUT2D eigenvalue weighted by atomic mass is 35.5. The summed E-state index contributed by atoms with van der Waals surface area (Å²) in [5.74, 6) is 1.55. The molecule has 2 N–H and O–H groups in total. The molecule has 1 heterocycles. The second kappa shape index (κ2) is 7.69. The van der Waals surface area contributed by atoms with Crippen LogP contribution in [0.3, 0.4) is 0 Å². The van der Waals surface area contributed by atoms with Crippen LogP contribution in [0.1, 0.15) is 32.6 Å². The zero-order chi connectivity index (χ0) is 18.8. The van der Waals surface area contributed by atoms with E-state index in [0.717, 1.165) is 23.1 Å². The SMILES string of the molecule is CCC(Nc1nc(Nc2ccc(F)c(Cl)c2)nc2ccccc12)C1CCC1. The number of nitrogens with zero attached hydrogens (tertiary/aromatic N) is 2. The quantitative estimate of drug-likeness (QED) is 0.534. The van der Waals surface area contributed by atoms with Gasteiger partial charge in [-0.2, -0.15) is 4.98 Å². The van der Waals surface area contributed by atoms with Gasteiger partial charge in [0.2, 0.25) is 5.95 Å². The molecule has 4 nitrogen and oxygen atoms in total. The van der Waals surface area contributed by atoms with E-state index in [1.54, 1.807) is 6.07 Å². The van der Waals surface area contributed by atoms with Gasteiger partial charge < -0.3 is 10.6 Å². The van der Waals surface area contributed by atoms with Crippen LogP contribution in [-0.2, 0) is 0 Å². The lowest BCUT2D eigenvalue weighted by molar-refractivity contribution is 0.270. The van der Waals surface area contributed by atoms with E-state index in [0.29, 0.717) is 23.6 Å². The molecule has 1 aliphatic carbocycles. The van der Waals surface area contributed by atoms with Gasteiger partial charge in [0.1, 0.15) is 11.6 Å². The number of fused-ring (bicyclic) bond motifs is 1. The van der Waals surface area contributed by atoms with Gasteiger partial charge in [0.25, 0.3) is 0 Å². The first-order valence-electron chi connectivity index (χ1n) is 9.39. The Morgan fingerprint density at radius 3 is 2.70 bits per heavy atom. The summed E-state index contributed by atoms with van der Waals surface area (Å²) in [4.78, 5) is 9.30. The summed E-state index contributed by atoms with van der Waals surface area (Å²) < 4.78 is 13.4. The fourth-order valence-electron chi connectivity index (χ4n) is 3.52. The molecule has 3 aromatic rings. The molecule has 0 amide bonds. The Labute approximate surface area is 163 Å². The summed E-state index contributed by atoms with van der Waals surface area (Å²) in [5, 5.41) is 7.85. The third-order valence-corrected chi connectivity index (χ3v) is 5.55. The lowest BCUT2D eigenvalue weighted by atomic mass is 9.79. The number of halogens is 2. The lowest BCUT2D eigenvalue weighted by Crippen LogP contribution is -2.33. The van der Waals surface area contributed by atoms with Gasteiger partial charge in [0.15, 0.2) is 0 Å². The van der Waals surface area contributed by atoms with Crippen LogP contribution in [0.2, 0.25) is 5.02 Å². The Bertz CT molecular complexity index is 958. The second-order valence-electron chi connectivity index (χ2n) is 7.02. The van der Waals surface area contributed by atoms with Gasteiger partial charge in [-0.05, 0) is 55.5 Å². The van der Waals surface area contributed by atoms with E-state index in [9.17, 15) is 4.39 Å². The fourth-order valence-corrected chi connectivity index (χ4v) is 3.70. The molecule has 1 fully saturated rings. The number of para-hydroxylation sites is 1. The van der Waals surface area contributed by atoms with Crippen LogP contribution >= 0.6 is 11.6 Å². The molecule has 4 rings (SSSR count). The molecule has 0 bridgehead atoms. The molecule has 27 heavy (non-hydrogen) atoms. The van der Waals surface area contributed by atoms with Crippen LogP contribution in [0.5, 0.6) is 0 Å². The van der Waals surface area contributed by atoms with E-state index in [4.69, 9.17) is 16.6 Å². The van der Waals surface area contributed by atoms with Crippen LogP contribution in [0.15, 0.2) is 42.5 Å². The van der Waals surface area contributed by atoms with Crippen molar-refractivity contribution < 1.29 is 4.39 Å². The first-order chi connectivity index (χ1) is 13.1. The third kappa shape index (κ3) is 3.83. The van der Waals surface area contributed by atoms with E-state index in [1.165, 1.54) is 31.4 Å². The summed E-state index contributed by atoms with van der Waals surface area (Å²) in [7, 11) is 0. The van der Waals surface area contributed by atoms with Gasteiger partial charge in [-0.1, -0.05) is 37.1 Å². The molecular weight excluding hydrogens is 363 g/mol. The normalized spacial score (nSPS) is 15.4. The molecule has 2 aromatic carbocycles. The summed E-state index contributed by atoms with van der Waals surface area (Å²) in [5.41, 5.74) is 1.50. The van der Waals surface area contributed by atoms with E-state index in [1.807, 2.05) is 24.3 Å². The Morgan fingerprint density at radius 1 is 1.19 bits per heavy atom. The highest BCUT2D eigenvalue weighted by molar-refractivity contribution is 6.31. The van der Waals surface area contributed by atoms with Crippen molar-refractivity contribution in [3.8, 4) is 0 Å². The van der Waals surface area contributed by atoms with Crippen molar-refractivity contribution in [1.29, 1.82) is 0 Å². The highest BCUT2D eigenvalue weighted by Crippen LogP contribution is 2.34. The predicted octanol–water partition coefficient (Wildman–Crippen LogP) is 6.16. The van der Waals surface area contributed by atoms with Gasteiger partial charge >= 0.3 is 0 Å². The van der Waals surface area contributed by atoms with E-state index in [-0.39, 0.29) is 5.02 Å². The minimum Gasteiger partial charge on any atom is -0.366 e. The number of nitrogens with one attached hydrogen (secondary N) is 2. The van der Waals surface area contributed by atoms with Crippen molar-refractivity contribution in [2.45, 2.75) is 38.6 Å². The van der Waals surface area contributed by atoms with Gasteiger partial charge in [0.05, 0.1) is 10.5 Å². The fraction of sp³-hybridized carbons (Fsp3) is 0.333. The summed E-state index contributed by atoms with van der Waals surface area (Å²) in [6.07, 6.45) is 4.91.